The molecule has 0 saturated heterocycles. The van der Waals surface area contributed by atoms with Crippen LogP contribution in [0.3, 0.4) is 0 Å². The topological polar surface area (TPSA) is 122 Å². The van der Waals surface area contributed by atoms with Crippen LogP contribution in [-0.2, 0) is 20.7 Å². The standard InChI is InChI=1S/C15H22N2O5/c1-3-22-15(21)12(17-14(20)13(16)9(2)18)8-10-4-6-11(19)7-5-10/h4-7,9,12-13,18-19H,3,8,16H2,1-2H3,(H,17,20)/t9-,12+,13+/m1/s1. The summed E-state index contributed by atoms with van der Waals surface area (Å²) in [7, 11) is 0. The van der Waals surface area contributed by atoms with Crippen LogP contribution in [0.4, 0.5) is 0 Å². The zero-order valence-electron chi connectivity index (χ0n) is 12.7. The molecule has 7 heteroatoms. The van der Waals surface area contributed by atoms with E-state index in [2.05, 4.69) is 5.32 Å². The number of carbonyl (C=O) groups excluding carboxylic acids is 2. The van der Waals surface area contributed by atoms with Crippen LogP contribution >= 0.6 is 0 Å². The van der Waals surface area contributed by atoms with Gasteiger partial charge in [-0.3, -0.25) is 4.79 Å². The third-order valence-electron chi connectivity index (χ3n) is 3.09. The van der Waals surface area contributed by atoms with E-state index in [1.165, 1.54) is 19.1 Å². The fourth-order valence-corrected chi connectivity index (χ4v) is 1.79. The number of phenols is 1. The summed E-state index contributed by atoms with van der Waals surface area (Å²) in [5, 5.41) is 21.1. The van der Waals surface area contributed by atoms with Gasteiger partial charge in [-0.1, -0.05) is 12.1 Å². The Kier molecular flexibility index (Phi) is 6.81. The number of ether oxygens (including phenoxy) is 1. The predicted octanol–water partition coefficient (Wildman–Crippen LogP) is -0.309. The fourth-order valence-electron chi connectivity index (χ4n) is 1.79. The summed E-state index contributed by atoms with van der Waals surface area (Å²) in [4.78, 5) is 23.9. The second kappa shape index (κ2) is 8.35. The highest BCUT2D eigenvalue weighted by Gasteiger charge is 2.27. The molecule has 0 spiro atoms. The van der Waals surface area contributed by atoms with E-state index in [1.807, 2.05) is 0 Å². The zero-order valence-corrected chi connectivity index (χ0v) is 12.7. The maximum absolute atomic E-state index is 12.0. The van der Waals surface area contributed by atoms with Crippen molar-refractivity contribution in [1.29, 1.82) is 0 Å². The zero-order chi connectivity index (χ0) is 16.7. The van der Waals surface area contributed by atoms with Gasteiger partial charge in [0.25, 0.3) is 0 Å². The van der Waals surface area contributed by atoms with Crippen LogP contribution in [-0.4, -0.2) is 46.9 Å². The molecular weight excluding hydrogens is 288 g/mol. The number of esters is 1. The van der Waals surface area contributed by atoms with Crippen molar-refractivity contribution in [2.45, 2.75) is 38.5 Å². The number of phenolic OH excluding ortho intramolecular Hbond substituents is 1. The third kappa shape index (κ3) is 5.34. The maximum Gasteiger partial charge on any atom is 0.328 e. The number of nitrogens with one attached hydrogen (secondary N) is 1. The van der Waals surface area contributed by atoms with Crippen LogP contribution in [0.2, 0.25) is 0 Å². The lowest BCUT2D eigenvalue weighted by Crippen LogP contribution is -2.53. The fraction of sp³-hybridized carbons (Fsp3) is 0.467. The second-order valence-electron chi connectivity index (χ2n) is 4.95. The quantitative estimate of drug-likeness (QED) is 0.513. The minimum absolute atomic E-state index is 0.108. The Balaban J connectivity index is 2.82. The van der Waals surface area contributed by atoms with Gasteiger partial charge in [-0.15, -0.1) is 0 Å². The summed E-state index contributed by atoms with van der Waals surface area (Å²) in [5.41, 5.74) is 6.29. The number of carbonyl (C=O) groups is 2. The van der Waals surface area contributed by atoms with Gasteiger partial charge in [-0.2, -0.15) is 0 Å². The van der Waals surface area contributed by atoms with Crippen molar-refractivity contribution in [3.8, 4) is 5.75 Å². The monoisotopic (exact) mass is 310 g/mol. The van der Waals surface area contributed by atoms with Crippen molar-refractivity contribution in [2.75, 3.05) is 6.61 Å². The first-order valence-electron chi connectivity index (χ1n) is 7.03. The predicted molar refractivity (Wildman–Crippen MR) is 80.0 cm³/mol. The largest absolute Gasteiger partial charge is 0.508 e. The van der Waals surface area contributed by atoms with Gasteiger partial charge in [0.05, 0.1) is 12.7 Å². The molecule has 1 aromatic rings. The molecule has 0 saturated carbocycles. The van der Waals surface area contributed by atoms with E-state index >= 15 is 0 Å². The average molecular weight is 310 g/mol. The van der Waals surface area contributed by atoms with Crippen molar-refractivity contribution in [1.82, 2.24) is 5.32 Å². The van der Waals surface area contributed by atoms with E-state index in [0.717, 1.165) is 5.56 Å². The molecule has 122 valence electrons. The molecule has 0 aliphatic rings. The molecule has 0 unspecified atom stereocenters. The summed E-state index contributed by atoms with van der Waals surface area (Å²) < 4.78 is 4.93. The minimum Gasteiger partial charge on any atom is -0.508 e. The maximum atomic E-state index is 12.0. The Morgan fingerprint density at radius 1 is 1.32 bits per heavy atom. The molecule has 0 radical (unpaired) electrons. The van der Waals surface area contributed by atoms with E-state index in [0.29, 0.717) is 0 Å². The highest BCUT2D eigenvalue weighted by atomic mass is 16.5. The minimum atomic E-state index is -1.13. The molecule has 0 heterocycles. The van der Waals surface area contributed by atoms with Gasteiger partial charge in [0.2, 0.25) is 5.91 Å². The number of hydrogen-bond donors (Lipinski definition) is 4. The average Bonchev–Trinajstić information content (AvgIpc) is 2.47. The normalized spacial score (nSPS) is 14.7. The summed E-state index contributed by atoms with van der Waals surface area (Å²) >= 11 is 0. The Labute approximate surface area is 129 Å². The van der Waals surface area contributed by atoms with Crippen molar-refractivity contribution < 1.29 is 24.5 Å². The first kappa shape index (κ1) is 17.9. The molecule has 1 aromatic carbocycles. The molecule has 0 bridgehead atoms. The van der Waals surface area contributed by atoms with Gasteiger partial charge >= 0.3 is 5.97 Å². The number of rotatable bonds is 7. The number of benzene rings is 1. The number of aromatic hydroxyl groups is 1. The first-order chi connectivity index (χ1) is 10.3. The Bertz CT molecular complexity index is 501. The van der Waals surface area contributed by atoms with Crippen molar-refractivity contribution in [2.24, 2.45) is 5.73 Å². The molecule has 5 N–H and O–H groups in total. The highest BCUT2D eigenvalue weighted by molar-refractivity contribution is 5.87. The second-order valence-corrected chi connectivity index (χ2v) is 4.95. The molecule has 1 rings (SSSR count). The van der Waals surface area contributed by atoms with Crippen molar-refractivity contribution in [3.63, 3.8) is 0 Å². The SMILES string of the molecule is CCOC(=O)[C@H](Cc1ccc(O)cc1)NC(=O)[C@@H](N)[C@@H](C)O. The molecule has 3 atom stereocenters. The Hall–Kier alpha value is -2.12. The van der Waals surface area contributed by atoms with Gasteiger partial charge in [-0.05, 0) is 31.5 Å². The summed E-state index contributed by atoms with van der Waals surface area (Å²) in [5.74, 6) is -1.11. The lowest BCUT2D eigenvalue weighted by molar-refractivity contribution is -0.147. The Morgan fingerprint density at radius 3 is 2.41 bits per heavy atom. The van der Waals surface area contributed by atoms with Crippen LogP contribution in [0.25, 0.3) is 0 Å². The summed E-state index contributed by atoms with van der Waals surface area (Å²) in [6.45, 7) is 3.24. The van der Waals surface area contributed by atoms with Gasteiger partial charge in [0.15, 0.2) is 0 Å². The summed E-state index contributed by atoms with van der Waals surface area (Å²) in [6, 6.07) is 4.21. The smallest absolute Gasteiger partial charge is 0.328 e. The number of nitrogens with two attached hydrogens (primary N) is 1. The van der Waals surface area contributed by atoms with Gasteiger partial charge < -0.3 is 26.0 Å². The Morgan fingerprint density at radius 2 is 1.91 bits per heavy atom. The summed E-state index contributed by atoms with van der Waals surface area (Å²) in [6.07, 6.45) is -0.839. The van der Waals surface area contributed by atoms with Crippen LogP contribution in [0, 0.1) is 0 Å². The number of aliphatic hydroxyl groups is 1. The molecule has 22 heavy (non-hydrogen) atoms. The molecular formula is C15H22N2O5. The molecule has 0 aromatic heterocycles. The van der Waals surface area contributed by atoms with Crippen LogP contribution < -0.4 is 11.1 Å². The molecule has 0 aliphatic carbocycles. The number of hydrogen-bond acceptors (Lipinski definition) is 6. The van der Waals surface area contributed by atoms with Crippen molar-refractivity contribution in [3.05, 3.63) is 29.8 Å². The molecule has 7 nitrogen and oxygen atoms in total. The van der Waals surface area contributed by atoms with Gasteiger partial charge in [-0.25, -0.2) is 4.79 Å². The lowest BCUT2D eigenvalue weighted by Gasteiger charge is -2.21. The van der Waals surface area contributed by atoms with Crippen LogP contribution in [0.1, 0.15) is 19.4 Å². The molecule has 0 aliphatic heterocycles. The van der Waals surface area contributed by atoms with Gasteiger partial charge in [0.1, 0.15) is 17.8 Å². The van der Waals surface area contributed by atoms with E-state index < -0.39 is 30.1 Å². The van der Waals surface area contributed by atoms with E-state index in [-0.39, 0.29) is 18.8 Å². The first-order valence-corrected chi connectivity index (χ1v) is 7.03. The van der Waals surface area contributed by atoms with Gasteiger partial charge in [0, 0.05) is 6.42 Å². The molecule has 0 fully saturated rings. The van der Waals surface area contributed by atoms with Crippen molar-refractivity contribution >= 4 is 11.9 Å². The van der Waals surface area contributed by atoms with Crippen LogP contribution in [0.5, 0.6) is 5.75 Å². The molecule has 1 amide bonds. The highest BCUT2D eigenvalue weighted by Crippen LogP contribution is 2.12. The van der Waals surface area contributed by atoms with Crippen LogP contribution in [0.15, 0.2) is 24.3 Å². The number of amides is 1. The van der Waals surface area contributed by atoms with E-state index in [9.17, 15) is 19.8 Å². The van der Waals surface area contributed by atoms with E-state index in [1.54, 1.807) is 19.1 Å². The lowest BCUT2D eigenvalue weighted by atomic mass is 10.0. The number of aliphatic hydroxyl groups excluding tert-OH is 1. The van der Waals surface area contributed by atoms with E-state index in [4.69, 9.17) is 10.5 Å². The third-order valence-corrected chi connectivity index (χ3v) is 3.09.